The van der Waals surface area contributed by atoms with E-state index in [-0.39, 0.29) is 47.5 Å². The molecule has 0 bridgehead atoms. The molecule has 1 aliphatic heterocycles. The molecular weight excluding hydrogens is 340 g/mol. The van der Waals surface area contributed by atoms with Gasteiger partial charge in [-0.2, -0.15) is 4.31 Å². The van der Waals surface area contributed by atoms with Crippen LogP contribution < -0.4 is 0 Å². The second-order valence-electron chi connectivity index (χ2n) is 5.42. The number of halogens is 1. The maximum Gasteiger partial charge on any atom is 0.244 e. The van der Waals surface area contributed by atoms with Crippen LogP contribution in [0, 0.1) is 0 Å². The standard InChI is InChI=1S/C15H19ClN2O4S/c1-12(19)6-7-15(20)17-8-10-18(11-9-17)23(21,22)14-5-3-2-4-13(14)16/h2-5H,6-11H2,1H3. The molecule has 0 radical (unpaired) electrons. The Hall–Kier alpha value is -1.44. The summed E-state index contributed by atoms with van der Waals surface area (Å²) in [6.07, 6.45) is 0.392. The summed E-state index contributed by atoms with van der Waals surface area (Å²) >= 11 is 5.98. The number of hydrogen-bond donors (Lipinski definition) is 0. The van der Waals surface area contributed by atoms with E-state index in [2.05, 4.69) is 0 Å². The highest BCUT2D eigenvalue weighted by molar-refractivity contribution is 7.89. The first kappa shape index (κ1) is 17.9. The van der Waals surface area contributed by atoms with Gasteiger partial charge in [0.1, 0.15) is 10.7 Å². The number of carbonyl (C=O) groups excluding carboxylic acids is 2. The molecule has 1 heterocycles. The fraction of sp³-hybridized carbons (Fsp3) is 0.467. The van der Waals surface area contributed by atoms with Crippen molar-refractivity contribution in [1.29, 1.82) is 0 Å². The molecule has 0 aliphatic carbocycles. The maximum absolute atomic E-state index is 12.6. The number of sulfonamides is 1. The van der Waals surface area contributed by atoms with E-state index in [0.717, 1.165) is 0 Å². The molecule has 126 valence electrons. The average molecular weight is 359 g/mol. The predicted molar refractivity (Wildman–Crippen MR) is 86.7 cm³/mol. The second kappa shape index (κ2) is 7.42. The van der Waals surface area contributed by atoms with Crippen molar-refractivity contribution < 1.29 is 18.0 Å². The molecule has 0 aromatic heterocycles. The van der Waals surface area contributed by atoms with Crippen molar-refractivity contribution in [1.82, 2.24) is 9.21 Å². The van der Waals surface area contributed by atoms with Gasteiger partial charge < -0.3 is 9.69 Å². The zero-order chi connectivity index (χ0) is 17.0. The fourth-order valence-electron chi connectivity index (χ4n) is 2.41. The van der Waals surface area contributed by atoms with Crippen LogP contribution in [0.3, 0.4) is 0 Å². The first-order chi connectivity index (χ1) is 10.8. The van der Waals surface area contributed by atoms with Gasteiger partial charge in [0.15, 0.2) is 0 Å². The van der Waals surface area contributed by atoms with Crippen LogP contribution in [-0.4, -0.2) is 55.5 Å². The third-order valence-electron chi connectivity index (χ3n) is 3.74. The number of ketones is 1. The van der Waals surface area contributed by atoms with E-state index < -0.39 is 10.0 Å². The van der Waals surface area contributed by atoms with Gasteiger partial charge in [0, 0.05) is 39.0 Å². The molecule has 1 fully saturated rings. The van der Waals surface area contributed by atoms with Crippen LogP contribution >= 0.6 is 11.6 Å². The van der Waals surface area contributed by atoms with Crippen LogP contribution in [0.25, 0.3) is 0 Å². The van der Waals surface area contributed by atoms with E-state index in [1.165, 1.54) is 23.4 Å². The third-order valence-corrected chi connectivity index (χ3v) is 6.14. The molecule has 0 N–H and O–H groups in total. The number of rotatable bonds is 5. The maximum atomic E-state index is 12.6. The molecule has 1 aliphatic rings. The molecule has 0 spiro atoms. The molecule has 1 aromatic carbocycles. The fourth-order valence-corrected chi connectivity index (χ4v) is 4.33. The summed E-state index contributed by atoms with van der Waals surface area (Å²) in [6.45, 7) is 2.53. The summed E-state index contributed by atoms with van der Waals surface area (Å²) in [4.78, 5) is 24.6. The van der Waals surface area contributed by atoms with E-state index in [0.29, 0.717) is 13.1 Å². The Morgan fingerprint density at radius 1 is 1.09 bits per heavy atom. The summed E-state index contributed by atoms with van der Waals surface area (Å²) in [5.41, 5.74) is 0. The first-order valence-corrected chi connectivity index (χ1v) is 9.16. The largest absolute Gasteiger partial charge is 0.340 e. The zero-order valence-corrected chi connectivity index (χ0v) is 14.4. The molecule has 23 heavy (non-hydrogen) atoms. The lowest BCUT2D eigenvalue weighted by molar-refractivity contribution is -0.134. The van der Waals surface area contributed by atoms with Crippen LogP contribution in [-0.2, 0) is 19.6 Å². The van der Waals surface area contributed by atoms with Gasteiger partial charge in [-0.25, -0.2) is 8.42 Å². The van der Waals surface area contributed by atoms with Crippen LogP contribution in [0.15, 0.2) is 29.2 Å². The molecule has 6 nitrogen and oxygen atoms in total. The van der Waals surface area contributed by atoms with Crippen LogP contribution in [0.5, 0.6) is 0 Å². The van der Waals surface area contributed by atoms with Gasteiger partial charge in [0.05, 0.1) is 5.02 Å². The van der Waals surface area contributed by atoms with E-state index in [1.807, 2.05) is 0 Å². The lowest BCUT2D eigenvalue weighted by Gasteiger charge is -2.34. The Labute approximate surface area is 141 Å². The molecule has 8 heteroatoms. The number of carbonyl (C=O) groups is 2. The van der Waals surface area contributed by atoms with Crippen LogP contribution in [0.2, 0.25) is 5.02 Å². The van der Waals surface area contributed by atoms with Crippen molar-refractivity contribution in [2.24, 2.45) is 0 Å². The quantitative estimate of drug-likeness (QED) is 0.800. The zero-order valence-electron chi connectivity index (χ0n) is 12.9. The lowest BCUT2D eigenvalue weighted by atomic mass is 10.2. The van der Waals surface area contributed by atoms with E-state index >= 15 is 0 Å². The van der Waals surface area contributed by atoms with E-state index in [4.69, 9.17) is 11.6 Å². The molecule has 1 saturated heterocycles. The molecule has 1 aromatic rings. The monoisotopic (exact) mass is 358 g/mol. The molecule has 2 rings (SSSR count). The van der Waals surface area contributed by atoms with Crippen molar-refractivity contribution in [3.8, 4) is 0 Å². The van der Waals surface area contributed by atoms with Gasteiger partial charge in [0.25, 0.3) is 0 Å². The number of Topliss-reactive ketones (excluding diaryl/α,β-unsaturated/α-hetero) is 1. The molecule has 0 saturated carbocycles. The number of piperazine rings is 1. The predicted octanol–water partition coefficient (Wildman–Crippen LogP) is 1.54. The Balaban J connectivity index is 2.00. The number of hydrogen-bond acceptors (Lipinski definition) is 4. The average Bonchev–Trinajstić information content (AvgIpc) is 2.53. The smallest absolute Gasteiger partial charge is 0.244 e. The Kier molecular flexibility index (Phi) is 5.78. The van der Waals surface area contributed by atoms with Crippen molar-refractivity contribution in [2.75, 3.05) is 26.2 Å². The minimum absolute atomic E-state index is 0.0294. The normalized spacial score (nSPS) is 16.3. The molecule has 0 atom stereocenters. The Morgan fingerprint density at radius 2 is 1.70 bits per heavy atom. The number of nitrogens with zero attached hydrogens (tertiary/aromatic N) is 2. The van der Waals surface area contributed by atoms with Crippen molar-refractivity contribution in [2.45, 2.75) is 24.7 Å². The molecule has 0 unspecified atom stereocenters. The van der Waals surface area contributed by atoms with Crippen molar-refractivity contribution >= 4 is 33.3 Å². The van der Waals surface area contributed by atoms with Gasteiger partial charge in [-0.15, -0.1) is 0 Å². The lowest BCUT2D eigenvalue weighted by Crippen LogP contribution is -2.50. The third kappa shape index (κ3) is 4.31. The molecular formula is C15H19ClN2O4S. The summed E-state index contributed by atoms with van der Waals surface area (Å²) in [5.74, 6) is -0.145. The number of amides is 1. The van der Waals surface area contributed by atoms with Crippen molar-refractivity contribution in [3.63, 3.8) is 0 Å². The summed E-state index contributed by atoms with van der Waals surface area (Å²) in [5, 5.41) is 0.187. The SMILES string of the molecule is CC(=O)CCC(=O)N1CCN(S(=O)(=O)c2ccccc2Cl)CC1. The highest BCUT2D eigenvalue weighted by atomic mass is 35.5. The second-order valence-corrected chi connectivity index (χ2v) is 7.73. The Morgan fingerprint density at radius 3 is 2.26 bits per heavy atom. The minimum atomic E-state index is -3.66. The van der Waals surface area contributed by atoms with Gasteiger partial charge in [-0.1, -0.05) is 23.7 Å². The van der Waals surface area contributed by atoms with E-state index in [1.54, 1.807) is 17.0 Å². The van der Waals surface area contributed by atoms with Gasteiger partial charge in [0.2, 0.25) is 15.9 Å². The van der Waals surface area contributed by atoms with Gasteiger partial charge >= 0.3 is 0 Å². The topological polar surface area (TPSA) is 74.8 Å². The highest BCUT2D eigenvalue weighted by Gasteiger charge is 2.31. The van der Waals surface area contributed by atoms with Crippen molar-refractivity contribution in [3.05, 3.63) is 29.3 Å². The van der Waals surface area contributed by atoms with Crippen LogP contribution in [0.4, 0.5) is 0 Å². The number of benzene rings is 1. The minimum Gasteiger partial charge on any atom is -0.340 e. The summed E-state index contributed by atoms with van der Waals surface area (Å²) in [7, 11) is -3.66. The van der Waals surface area contributed by atoms with Gasteiger partial charge in [-0.3, -0.25) is 4.79 Å². The summed E-state index contributed by atoms with van der Waals surface area (Å²) in [6, 6.07) is 6.31. The summed E-state index contributed by atoms with van der Waals surface area (Å²) < 4.78 is 26.5. The Bertz CT molecular complexity index is 697. The van der Waals surface area contributed by atoms with Gasteiger partial charge in [-0.05, 0) is 19.1 Å². The van der Waals surface area contributed by atoms with Crippen LogP contribution in [0.1, 0.15) is 19.8 Å². The highest BCUT2D eigenvalue weighted by Crippen LogP contribution is 2.25. The van der Waals surface area contributed by atoms with E-state index in [9.17, 15) is 18.0 Å². The molecule has 1 amide bonds. The first-order valence-electron chi connectivity index (χ1n) is 7.34.